The summed E-state index contributed by atoms with van der Waals surface area (Å²) in [6.07, 6.45) is 2.09. The number of hydrogen-bond donors (Lipinski definition) is 5. The third kappa shape index (κ3) is 9.41. The minimum atomic E-state index is -1.42. The monoisotopic (exact) mass is 895 g/mol. The lowest BCUT2D eigenvalue weighted by molar-refractivity contribution is -0.146. The van der Waals surface area contributed by atoms with Crippen molar-refractivity contribution >= 4 is 62.8 Å². The second-order valence-corrected chi connectivity index (χ2v) is 20.1. The molecule has 3 amide bonds. The second kappa shape index (κ2) is 17.6. The topological polar surface area (TPSA) is 203 Å². The maximum absolute atomic E-state index is 14.8. The first-order valence-electron chi connectivity index (χ1n) is 21.8. The molecule has 5 aliphatic rings. The van der Waals surface area contributed by atoms with Crippen molar-refractivity contribution in [3.63, 3.8) is 0 Å². The fourth-order valence-electron chi connectivity index (χ4n) is 9.19. The summed E-state index contributed by atoms with van der Waals surface area (Å²) in [5.41, 5.74) is -0.722. The zero-order chi connectivity index (χ0) is 44.1. The quantitative estimate of drug-likeness (QED) is 0.122. The van der Waals surface area contributed by atoms with Crippen molar-refractivity contribution < 1.29 is 43.2 Å². The number of nitrogens with one attached hydrogen (secondary N) is 4. The number of halogens is 1. The van der Waals surface area contributed by atoms with Gasteiger partial charge >= 0.3 is 12.1 Å². The molecule has 1 aromatic carbocycles. The van der Waals surface area contributed by atoms with Gasteiger partial charge in [0.2, 0.25) is 11.8 Å². The molecule has 3 aliphatic carbocycles. The molecule has 16 nitrogen and oxygen atoms in total. The van der Waals surface area contributed by atoms with Gasteiger partial charge in [0.1, 0.15) is 58.7 Å². The van der Waals surface area contributed by atoms with Gasteiger partial charge in [-0.1, -0.05) is 45.7 Å². The zero-order valence-electron chi connectivity index (χ0n) is 36.1. The van der Waals surface area contributed by atoms with E-state index >= 15 is 0 Å². The fourth-order valence-corrected chi connectivity index (χ4v) is 10.3. The van der Waals surface area contributed by atoms with Crippen molar-refractivity contribution in [3.05, 3.63) is 28.6 Å². The highest BCUT2D eigenvalue weighted by Gasteiger charge is 2.61. The highest BCUT2D eigenvalue weighted by Crippen LogP contribution is 2.52. The van der Waals surface area contributed by atoms with E-state index in [-0.39, 0.29) is 42.1 Å². The number of aliphatic carboxylic acids is 1. The van der Waals surface area contributed by atoms with E-state index in [2.05, 4.69) is 21.3 Å². The number of aromatic nitrogens is 2. The molecule has 2 aromatic heterocycles. The number of hydrogen-bond acceptors (Lipinski definition) is 13. The Morgan fingerprint density at radius 2 is 1.85 bits per heavy atom. The van der Waals surface area contributed by atoms with Crippen molar-refractivity contribution in [1.29, 1.82) is 0 Å². The van der Waals surface area contributed by atoms with E-state index in [1.54, 1.807) is 12.1 Å². The summed E-state index contributed by atoms with van der Waals surface area (Å²) in [4.78, 5) is 66.2. The van der Waals surface area contributed by atoms with Gasteiger partial charge in [0.15, 0.2) is 5.13 Å². The van der Waals surface area contributed by atoms with Crippen LogP contribution in [0.5, 0.6) is 11.5 Å². The first-order valence-corrected chi connectivity index (χ1v) is 23.1. The number of carboxylic acid groups (broad SMARTS) is 1. The Balaban J connectivity index is 1.10. The number of anilines is 1. The molecule has 0 spiro atoms. The molecule has 9 atom stereocenters. The molecule has 62 heavy (non-hydrogen) atoms. The molecule has 5 N–H and O–H groups in total. The van der Waals surface area contributed by atoms with Gasteiger partial charge in [-0.25, -0.2) is 19.6 Å². The van der Waals surface area contributed by atoms with E-state index in [1.165, 1.54) is 22.7 Å². The minimum absolute atomic E-state index is 0.0107. The molecular formula is C44H58ClN7O9S. The lowest BCUT2D eigenvalue weighted by Crippen LogP contribution is -2.59. The van der Waals surface area contributed by atoms with Crippen LogP contribution in [0.15, 0.2) is 23.6 Å². The number of pyridine rings is 1. The van der Waals surface area contributed by atoms with Crippen LogP contribution in [0.2, 0.25) is 5.02 Å². The number of nitrogens with zero attached hydrogens (tertiary/aromatic N) is 3. The molecule has 3 saturated carbocycles. The Labute approximate surface area is 370 Å². The number of morpholine rings is 1. The van der Waals surface area contributed by atoms with Crippen LogP contribution in [0.4, 0.5) is 9.93 Å². The number of rotatable bonds is 15. The maximum atomic E-state index is 14.8. The van der Waals surface area contributed by atoms with Crippen molar-refractivity contribution in [2.24, 2.45) is 23.2 Å². The molecular weight excluding hydrogens is 838 g/mol. The van der Waals surface area contributed by atoms with E-state index in [9.17, 15) is 24.3 Å². The van der Waals surface area contributed by atoms with Gasteiger partial charge in [0, 0.05) is 35.8 Å². The van der Waals surface area contributed by atoms with Crippen LogP contribution in [-0.4, -0.2) is 119 Å². The van der Waals surface area contributed by atoms with Crippen molar-refractivity contribution in [2.45, 2.75) is 122 Å². The molecule has 0 radical (unpaired) electrons. The number of likely N-dealkylation sites (tertiary alicyclic amines) is 1. The van der Waals surface area contributed by atoms with E-state index in [0.29, 0.717) is 78.3 Å². The van der Waals surface area contributed by atoms with E-state index in [4.69, 9.17) is 40.5 Å². The average Bonchev–Trinajstić information content (AvgIpc) is 3.90. The molecule has 3 aromatic rings. The van der Waals surface area contributed by atoms with Gasteiger partial charge in [-0.05, 0) is 74.8 Å². The molecule has 8 rings (SSSR count). The van der Waals surface area contributed by atoms with Crippen LogP contribution in [0.25, 0.3) is 22.3 Å². The Bertz CT molecular complexity index is 2180. The maximum Gasteiger partial charge on any atom is 0.408 e. The summed E-state index contributed by atoms with van der Waals surface area (Å²) < 4.78 is 24.4. The number of ether oxygens (including phenoxy) is 4. The van der Waals surface area contributed by atoms with Gasteiger partial charge < -0.3 is 50.2 Å². The molecule has 0 bridgehead atoms. The number of alkyl carbamates (subject to hydrolysis) is 1. The van der Waals surface area contributed by atoms with Gasteiger partial charge in [-0.15, -0.1) is 11.3 Å². The van der Waals surface area contributed by atoms with E-state index in [0.717, 1.165) is 24.5 Å². The lowest BCUT2D eigenvalue weighted by Gasteiger charge is -2.35. The molecule has 4 heterocycles. The number of fused-ring (bicyclic) bond motifs is 2. The Kier molecular flexibility index (Phi) is 12.5. The third-order valence-electron chi connectivity index (χ3n) is 12.8. The predicted octanol–water partition coefficient (Wildman–Crippen LogP) is 5.86. The van der Waals surface area contributed by atoms with Crippen LogP contribution in [0.1, 0.15) is 80.1 Å². The molecule has 0 unspecified atom stereocenters. The standard InChI is InChI=1S/C44H58ClN7O9S/c1-7-25-17-44(25,40(55)56)51-38(53)32-15-28(18-52(32)39(54)37(43(4,5)6)50-42(57)61-27-13-23-12-24(23)14-27)60-34-16-30(31-21-62-41(49-31)47-22(2)3)48-36-29(34)8-9-33(35(36)45)59-20-26-19-58-11-10-46-26/h8-9,16,21-28,32,37,46H,7,10-15,17-20H2,1-6H3,(H,47,49)(H,50,57)(H,51,53)(H,55,56)/t23-,24+,25-,26+,27+,28-,32+,37-,44-/m1/s1. The highest BCUT2D eigenvalue weighted by molar-refractivity contribution is 7.14. The molecule has 2 saturated heterocycles. The van der Waals surface area contributed by atoms with Crippen molar-refractivity contribution in [1.82, 2.24) is 30.8 Å². The van der Waals surface area contributed by atoms with E-state index < -0.39 is 53.0 Å². The van der Waals surface area contributed by atoms with Gasteiger partial charge in [-0.3, -0.25) is 9.59 Å². The number of amides is 3. The van der Waals surface area contributed by atoms with Gasteiger partial charge in [0.05, 0.1) is 37.0 Å². The van der Waals surface area contributed by atoms with Crippen LogP contribution < -0.4 is 30.7 Å². The Morgan fingerprint density at radius 1 is 1.08 bits per heavy atom. The van der Waals surface area contributed by atoms with Crippen LogP contribution >= 0.6 is 22.9 Å². The molecule has 18 heteroatoms. The fraction of sp³-hybridized carbons (Fsp3) is 0.636. The number of thiazole rings is 1. The summed E-state index contributed by atoms with van der Waals surface area (Å²) in [5, 5.41) is 26.0. The van der Waals surface area contributed by atoms with Gasteiger partial charge in [0.25, 0.3) is 0 Å². The van der Waals surface area contributed by atoms with Gasteiger partial charge in [-0.2, -0.15) is 0 Å². The summed E-state index contributed by atoms with van der Waals surface area (Å²) in [6.45, 7) is 13.6. The number of benzene rings is 1. The number of carbonyl (C=O) groups is 4. The summed E-state index contributed by atoms with van der Waals surface area (Å²) in [7, 11) is 0. The normalized spacial score (nSPS) is 28.3. The van der Waals surface area contributed by atoms with Crippen LogP contribution in [0.3, 0.4) is 0 Å². The van der Waals surface area contributed by atoms with E-state index in [1.807, 2.05) is 53.0 Å². The Hall–Kier alpha value is -4.45. The largest absolute Gasteiger partial charge is 0.490 e. The highest BCUT2D eigenvalue weighted by atomic mass is 35.5. The average molecular weight is 897 g/mol. The first kappa shape index (κ1) is 44.2. The number of carbonyl (C=O) groups excluding carboxylic acids is 3. The lowest BCUT2D eigenvalue weighted by atomic mass is 9.85. The second-order valence-electron chi connectivity index (χ2n) is 18.9. The predicted molar refractivity (Wildman–Crippen MR) is 234 cm³/mol. The van der Waals surface area contributed by atoms with Crippen LogP contribution in [-0.2, 0) is 23.9 Å². The molecule has 2 aliphatic heterocycles. The van der Waals surface area contributed by atoms with Crippen molar-refractivity contribution in [3.8, 4) is 22.9 Å². The molecule has 5 fully saturated rings. The number of carboxylic acids is 1. The van der Waals surface area contributed by atoms with Crippen LogP contribution in [0, 0.1) is 23.2 Å². The van der Waals surface area contributed by atoms with Crippen molar-refractivity contribution in [2.75, 3.05) is 38.2 Å². The summed E-state index contributed by atoms with van der Waals surface area (Å²) >= 11 is 8.52. The SMILES string of the molecule is CC[C@@H]1C[C@]1(NC(=O)[C@@H]1C[C@@H](Oc2cc(-c3csc(NC(C)C)n3)nc3c(Cl)c(OC[C@@H]4COCCN4)ccc23)CN1C(=O)[C@@H](NC(=O)O[C@@H]1C[C@@H]2C[C@@H]2C1)C(C)(C)C)C(=O)O. The summed E-state index contributed by atoms with van der Waals surface area (Å²) in [5.74, 6) is -0.434. The minimum Gasteiger partial charge on any atom is -0.490 e. The zero-order valence-corrected chi connectivity index (χ0v) is 37.7. The first-order chi connectivity index (χ1) is 29.5. The summed E-state index contributed by atoms with van der Waals surface area (Å²) in [6, 6.07) is 3.31. The Morgan fingerprint density at radius 3 is 2.52 bits per heavy atom. The smallest absolute Gasteiger partial charge is 0.408 e. The third-order valence-corrected chi connectivity index (χ3v) is 13.9. The molecule has 336 valence electrons.